The SMILES string of the molecule is CC1CCN(C(=O)c2ccccc2CCN)C1CO. The number of carbonyl (C=O) groups is 1. The number of nitrogens with two attached hydrogens (primary N) is 1. The van der Waals surface area contributed by atoms with E-state index in [1.165, 1.54) is 0 Å². The molecule has 1 saturated heterocycles. The number of aliphatic hydroxyl groups is 1. The summed E-state index contributed by atoms with van der Waals surface area (Å²) in [5, 5.41) is 9.46. The van der Waals surface area contributed by atoms with Gasteiger partial charge in [0.25, 0.3) is 5.91 Å². The van der Waals surface area contributed by atoms with Crippen LogP contribution in [0.3, 0.4) is 0 Å². The number of amides is 1. The number of nitrogens with zero attached hydrogens (tertiary/aromatic N) is 1. The van der Waals surface area contributed by atoms with Crippen LogP contribution in [0, 0.1) is 5.92 Å². The Morgan fingerprint density at radius 2 is 2.21 bits per heavy atom. The van der Waals surface area contributed by atoms with E-state index >= 15 is 0 Å². The number of hydrogen-bond donors (Lipinski definition) is 2. The largest absolute Gasteiger partial charge is 0.394 e. The lowest BCUT2D eigenvalue weighted by molar-refractivity contribution is 0.0647. The first-order valence-electron chi connectivity index (χ1n) is 6.88. The summed E-state index contributed by atoms with van der Waals surface area (Å²) in [7, 11) is 0. The molecule has 1 aliphatic rings. The van der Waals surface area contributed by atoms with Crippen molar-refractivity contribution in [1.82, 2.24) is 4.90 Å². The molecule has 0 bridgehead atoms. The first-order valence-corrected chi connectivity index (χ1v) is 6.88. The van der Waals surface area contributed by atoms with Gasteiger partial charge in [-0.25, -0.2) is 0 Å². The summed E-state index contributed by atoms with van der Waals surface area (Å²) in [6.07, 6.45) is 1.66. The molecule has 1 heterocycles. The van der Waals surface area contributed by atoms with E-state index in [2.05, 4.69) is 6.92 Å². The second-order valence-electron chi connectivity index (χ2n) is 5.21. The molecule has 0 aliphatic carbocycles. The molecule has 2 rings (SSSR count). The molecule has 1 aliphatic heterocycles. The minimum Gasteiger partial charge on any atom is -0.394 e. The lowest BCUT2D eigenvalue weighted by Crippen LogP contribution is -2.40. The van der Waals surface area contributed by atoms with Gasteiger partial charge in [-0.3, -0.25) is 4.79 Å². The quantitative estimate of drug-likeness (QED) is 0.851. The minimum atomic E-state index is -0.0570. The molecule has 0 radical (unpaired) electrons. The average molecular weight is 262 g/mol. The van der Waals surface area contributed by atoms with Crippen molar-refractivity contribution in [1.29, 1.82) is 0 Å². The van der Waals surface area contributed by atoms with Crippen molar-refractivity contribution in [2.45, 2.75) is 25.8 Å². The van der Waals surface area contributed by atoms with Crippen molar-refractivity contribution in [3.8, 4) is 0 Å². The van der Waals surface area contributed by atoms with Crippen LogP contribution in [0.1, 0.15) is 29.3 Å². The predicted octanol–water partition coefficient (Wildman–Crippen LogP) is 1.03. The normalized spacial score (nSPS) is 22.8. The number of benzene rings is 1. The number of hydrogen-bond acceptors (Lipinski definition) is 3. The highest BCUT2D eigenvalue weighted by Gasteiger charge is 2.34. The molecule has 1 amide bonds. The number of likely N-dealkylation sites (tertiary alicyclic amines) is 1. The van der Waals surface area contributed by atoms with Gasteiger partial charge in [-0.1, -0.05) is 25.1 Å². The average Bonchev–Trinajstić information content (AvgIpc) is 2.80. The number of rotatable bonds is 4. The zero-order valence-corrected chi connectivity index (χ0v) is 11.4. The molecular formula is C15H22N2O2. The topological polar surface area (TPSA) is 66.6 Å². The first kappa shape index (κ1) is 14.0. The maximum Gasteiger partial charge on any atom is 0.254 e. The van der Waals surface area contributed by atoms with E-state index in [4.69, 9.17) is 5.73 Å². The molecular weight excluding hydrogens is 240 g/mol. The number of carbonyl (C=O) groups excluding carboxylic acids is 1. The second kappa shape index (κ2) is 6.17. The standard InChI is InChI=1S/C15H22N2O2/c1-11-7-9-17(14(11)10-18)15(19)13-5-3-2-4-12(13)6-8-16/h2-5,11,14,18H,6-10,16H2,1H3. The van der Waals surface area contributed by atoms with Crippen LogP contribution in [-0.2, 0) is 6.42 Å². The third-order valence-corrected chi connectivity index (χ3v) is 3.99. The molecule has 1 fully saturated rings. The fourth-order valence-corrected chi connectivity index (χ4v) is 2.80. The fourth-order valence-electron chi connectivity index (χ4n) is 2.80. The first-order chi connectivity index (χ1) is 9.19. The van der Waals surface area contributed by atoms with Crippen molar-refractivity contribution < 1.29 is 9.90 Å². The summed E-state index contributed by atoms with van der Waals surface area (Å²) in [5.74, 6) is 0.378. The molecule has 4 heteroatoms. The van der Waals surface area contributed by atoms with Gasteiger partial charge in [0.05, 0.1) is 12.6 Å². The van der Waals surface area contributed by atoms with Gasteiger partial charge in [0, 0.05) is 12.1 Å². The molecule has 19 heavy (non-hydrogen) atoms. The molecule has 2 atom stereocenters. The Kier molecular flexibility index (Phi) is 4.56. The van der Waals surface area contributed by atoms with Gasteiger partial charge in [-0.15, -0.1) is 0 Å². The Morgan fingerprint density at radius 1 is 1.47 bits per heavy atom. The lowest BCUT2D eigenvalue weighted by Gasteiger charge is -2.26. The van der Waals surface area contributed by atoms with Crippen LogP contribution in [0.15, 0.2) is 24.3 Å². The van der Waals surface area contributed by atoms with Gasteiger partial charge in [-0.2, -0.15) is 0 Å². The summed E-state index contributed by atoms with van der Waals surface area (Å²) in [4.78, 5) is 14.4. The van der Waals surface area contributed by atoms with Crippen LogP contribution < -0.4 is 5.73 Å². The third kappa shape index (κ3) is 2.80. The Balaban J connectivity index is 2.24. The molecule has 0 saturated carbocycles. The van der Waals surface area contributed by atoms with Crippen LogP contribution in [0.4, 0.5) is 0 Å². The van der Waals surface area contributed by atoms with Crippen molar-refractivity contribution in [2.75, 3.05) is 19.7 Å². The summed E-state index contributed by atoms with van der Waals surface area (Å²) in [6.45, 7) is 3.37. The van der Waals surface area contributed by atoms with Gasteiger partial charge in [0.15, 0.2) is 0 Å². The van der Waals surface area contributed by atoms with E-state index < -0.39 is 0 Å². The predicted molar refractivity (Wildman–Crippen MR) is 74.9 cm³/mol. The van der Waals surface area contributed by atoms with Crippen molar-refractivity contribution in [2.24, 2.45) is 11.7 Å². The monoisotopic (exact) mass is 262 g/mol. The second-order valence-corrected chi connectivity index (χ2v) is 5.21. The fraction of sp³-hybridized carbons (Fsp3) is 0.533. The zero-order valence-electron chi connectivity index (χ0n) is 11.4. The van der Waals surface area contributed by atoms with Crippen molar-refractivity contribution in [3.05, 3.63) is 35.4 Å². The molecule has 1 aromatic carbocycles. The van der Waals surface area contributed by atoms with Gasteiger partial charge in [0.2, 0.25) is 0 Å². The van der Waals surface area contributed by atoms with Crippen LogP contribution in [0.25, 0.3) is 0 Å². The molecule has 0 spiro atoms. The molecule has 1 aromatic rings. The Labute approximate surface area is 114 Å². The molecule has 0 aromatic heterocycles. The van der Waals surface area contributed by atoms with E-state index in [0.717, 1.165) is 24.1 Å². The summed E-state index contributed by atoms with van der Waals surface area (Å²) >= 11 is 0. The summed E-state index contributed by atoms with van der Waals surface area (Å²) in [6, 6.07) is 7.55. The molecule has 104 valence electrons. The van der Waals surface area contributed by atoms with E-state index in [0.29, 0.717) is 18.9 Å². The zero-order chi connectivity index (χ0) is 13.8. The van der Waals surface area contributed by atoms with Crippen molar-refractivity contribution in [3.63, 3.8) is 0 Å². The highest BCUT2D eigenvalue weighted by Crippen LogP contribution is 2.26. The molecule has 4 nitrogen and oxygen atoms in total. The Bertz CT molecular complexity index is 448. The minimum absolute atomic E-state index is 0.0208. The van der Waals surface area contributed by atoms with Crippen LogP contribution in [0.2, 0.25) is 0 Å². The Hall–Kier alpha value is -1.39. The van der Waals surface area contributed by atoms with Gasteiger partial charge < -0.3 is 15.7 Å². The third-order valence-electron chi connectivity index (χ3n) is 3.99. The smallest absolute Gasteiger partial charge is 0.254 e. The van der Waals surface area contributed by atoms with E-state index in [-0.39, 0.29) is 18.6 Å². The van der Waals surface area contributed by atoms with E-state index in [1.54, 1.807) is 4.90 Å². The van der Waals surface area contributed by atoms with Gasteiger partial charge in [-0.05, 0) is 36.9 Å². The maximum absolute atomic E-state index is 12.6. The van der Waals surface area contributed by atoms with E-state index in [9.17, 15) is 9.90 Å². The van der Waals surface area contributed by atoms with Gasteiger partial charge >= 0.3 is 0 Å². The highest BCUT2D eigenvalue weighted by atomic mass is 16.3. The maximum atomic E-state index is 12.6. The highest BCUT2D eigenvalue weighted by molar-refractivity contribution is 5.96. The summed E-state index contributed by atoms with van der Waals surface area (Å²) in [5.41, 5.74) is 7.31. The molecule has 3 N–H and O–H groups in total. The van der Waals surface area contributed by atoms with Crippen LogP contribution in [0.5, 0.6) is 0 Å². The Morgan fingerprint density at radius 3 is 2.89 bits per heavy atom. The lowest BCUT2D eigenvalue weighted by atomic mass is 10.0. The van der Waals surface area contributed by atoms with E-state index in [1.807, 2.05) is 24.3 Å². The van der Waals surface area contributed by atoms with Gasteiger partial charge in [0.1, 0.15) is 0 Å². The summed E-state index contributed by atoms with van der Waals surface area (Å²) < 4.78 is 0. The number of aliphatic hydroxyl groups excluding tert-OH is 1. The van der Waals surface area contributed by atoms with Crippen molar-refractivity contribution >= 4 is 5.91 Å². The molecule has 2 unspecified atom stereocenters. The van der Waals surface area contributed by atoms with Crippen LogP contribution >= 0.6 is 0 Å². The van der Waals surface area contributed by atoms with Crippen LogP contribution in [-0.4, -0.2) is 41.7 Å².